The van der Waals surface area contributed by atoms with Crippen LogP contribution in [0.3, 0.4) is 0 Å². The average molecular weight is 206 g/mol. The number of benzene rings is 2. The molecule has 1 aliphatic rings. The zero-order valence-electron chi connectivity index (χ0n) is 8.67. The largest absolute Gasteiger partial charge is 0.150 e. The number of hydrogen-bond donors (Lipinski definition) is 0. The quantitative estimate of drug-likeness (QED) is 0.585. The van der Waals surface area contributed by atoms with Gasteiger partial charge in [-0.2, -0.15) is 0 Å². The topological polar surface area (TPSA) is 24.7 Å². The normalized spacial score (nSPS) is 21.0. The first-order chi connectivity index (χ1) is 7.93. The molecule has 0 spiro atoms. The highest BCUT2D eigenvalue weighted by molar-refractivity contribution is 5.60. The second kappa shape index (κ2) is 3.74. The maximum Gasteiger partial charge on any atom is 0.0929 e. The average Bonchev–Trinajstić information content (AvgIpc) is 2.32. The lowest BCUT2D eigenvalue weighted by Gasteiger charge is -1.92. The zero-order chi connectivity index (χ0) is 10.8. The summed E-state index contributed by atoms with van der Waals surface area (Å²) in [6.07, 6.45) is 4.15. The molecule has 3 rings (SSSR count). The molecule has 2 aromatic rings. The van der Waals surface area contributed by atoms with E-state index in [1.807, 2.05) is 48.5 Å². The second-order valence-corrected chi connectivity index (χ2v) is 3.65. The van der Waals surface area contributed by atoms with Crippen LogP contribution in [0.1, 0.15) is 0 Å². The number of fused-ring (bicyclic) bond motifs is 2. The summed E-state index contributed by atoms with van der Waals surface area (Å²) in [7, 11) is 0. The highest BCUT2D eigenvalue weighted by Gasteiger charge is 1.89. The van der Waals surface area contributed by atoms with Gasteiger partial charge in [0.1, 0.15) is 0 Å². The first-order valence-corrected chi connectivity index (χ1v) is 5.21. The van der Waals surface area contributed by atoms with E-state index in [-0.39, 0.29) is 0 Å². The number of nitrogens with zero attached hydrogens (tertiary/aromatic N) is 2. The first-order valence-electron chi connectivity index (χ1n) is 5.21. The molecule has 1 heterocycles. The van der Waals surface area contributed by atoms with E-state index < -0.39 is 0 Å². The fraction of sp³-hybridized carbons (Fsp3) is 0. The van der Waals surface area contributed by atoms with Gasteiger partial charge in [0.2, 0.25) is 0 Å². The lowest BCUT2D eigenvalue weighted by atomic mass is 10.2. The van der Waals surface area contributed by atoms with E-state index in [1.54, 1.807) is 0 Å². The van der Waals surface area contributed by atoms with Crippen LogP contribution >= 0.6 is 0 Å². The van der Waals surface area contributed by atoms with Gasteiger partial charge in [0.15, 0.2) is 0 Å². The highest BCUT2D eigenvalue weighted by atomic mass is 15.2. The predicted molar refractivity (Wildman–Crippen MR) is 63.4 cm³/mol. The maximum absolute atomic E-state index is 4.26. The standard InChI is InChI=1S/C14H10N2/c1-3-7-13-11(5-1)9-10-12-6-2-4-8-14(12)16-15-13/h1-10H/b10-9?,11-9-,12-10-,15-13-,16-14-,16-15?. The van der Waals surface area contributed by atoms with Gasteiger partial charge in [0, 0.05) is 10.4 Å². The SMILES string of the molecule is C1=c2/cccc/c2=N/N=c2/cccc/c2=C/1. The monoisotopic (exact) mass is 206 g/mol. The van der Waals surface area contributed by atoms with Gasteiger partial charge in [-0.15, -0.1) is 10.2 Å². The van der Waals surface area contributed by atoms with Crippen LogP contribution in [0.5, 0.6) is 0 Å². The molecule has 0 aromatic heterocycles. The summed E-state index contributed by atoms with van der Waals surface area (Å²) in [6.45, 7) is 0. The Balaban J connectivity index is 2.45. The van der Waals surface area contributed by atoms with Gasteiger partial charge in [0.05, 0.1) is 10.7 Å². The smallest absolute Gasteiger partial charge is 0.0929 e. The van der Waals surface area contributed by atoms with Crippen molar-refractivity contribution in [3.05, 3.63) is 69.7 Å². The summed E-state index contributed by atoms with van der Waals surface area (Å²) < 4.78 is 0. The number of hydrogen-bond acceptors (Lipinski definition) is 2. The summed E-state index contributed by atoms with van der Waals surface area (Å²) in [4.78, 5) is 0. The van der Waals surface area contributed by atoms with Crippen LogP contribution in [0.2, 0.25) is 0 Å². The summed E-state index contributed by atoms with van der Waals surface area (Å²) in [6, 6.07) is 16.0. The zero-order valence-corrected chi connectivity index (χ0v) is 8.67. The Morgan fingerprint density at radius 1 is 0.562 bits per heavy atom. The molecule has 0 unspecified atom stereocenters. The van der Waals surface area contributed by atoms with Crippen molar-refractivity contribution in [1.82, 2.24) is 0 Å². The van der Waals surface area contributed by atoms with Crippen molar-refractivity contribution >= 4 is 12.2 Å². The van der Waals surface area contributed by atoms with Crippen LogP contribution < -0.4 is 21.2 Å². The molecule has 2 heteroatoms. The van der Waals surface area contributed by atoms with Gasteiger partial charge < -0.3 is 0 Å². The molecule has 0 fully saturated rings. The minimum atomic E-state index is 0.910. The van der Waals surface area contributed by atoms with Crippen LogP contribution in [0, 0.1) is 0 Å². The molecule has 0 aliphatic carbocycles. The third-order valence-electron chi connectivity index (χ3n) is 2.58. The molecular weight excluding hydrogens is 196 g/mol. The van der Waals surface area contributed by atoms with Crippen molar-refractivity contribution in [3.8, 4) is 0 Å². The summed E-state index contributed by atoms with van der Waals surface area (Å²) in [5.74, 6) is 0. The van der Waals surface area contributed by atoms with Crippen molar-refractivity contribution in [3.63, 3.8) is 0 Å². The van der Waals surface area contributed by atoms with Gasteiger partial charge in [-0.05, 0) is 12.1 Å². The van der Waals surface area contributed by atoms with E-state index in [1.165, 1.54) is 0 Å². The molecule has 0 bridgehead atoms. The Kier molecular flexibility index (Phi) is 2.11. The van der Waals surface area contributed by atoms with Gasteiger partial charge >= 0.3 is 0 Å². The van der Waals surface area contributed by atoms with Crippen LogP contribution in [0.4, 0.5) is 0 Å². The fourth-order valence-electron chi connectivity index (χ4n) is 1.73. The Morgan fingerprint density at radius 2 is 1.00 bits per heavy atom. The van der Waals surface area contributed by atoms with E-state index in [0.29, 0.717) is 0 Å². The van der Waals surface area contributed by atoms with Crippen LogP contribution in [0.15, 0.2) is 58.7 Å². The van der Waals surface area contributed by atoms with Crippen LogP contribution in [-0.4, -0.2) is 0 Å². The van der Waals surface area contributed by atoms with Gasteiger partial charge in [-0.1, -0.05) is 48.6 Å². The van der Waals surface area contributed by atoms with E-state index in [9.17, 15) is 0 Å². The van der Waals surface area contributed by atoms with Crippen molar-refractivity contribution in [1.29, 1.82) is 0 Å². The van der Waals surface area contributed by atoms with Crippen LogP contribution in [0.25, 0.3) is 12.2 Å². The Morgan fingerprint density at radius 3 is 1.50 bits per heavy atom. The first kappa shape index (κ1) is 9.04. The highest BCUT2D eigenvalue weighted by Crippen LogP contribution is 1.79. The molecule has 1 aliphatic heterocycles. The summed E-state index contributed by atoms with van der Waals surface area (Å²) in [5.41, 5.74) is 0. The van der Waals surface area contributed by atoms with E-state index in [4.69, 9.17) is 0 Å². The third-order valence-corrected chi connectivity index (χ3v) is 2.58. The molecule has 0 saturated heterocycles. The number of rotatable bonds is 0. The molecule has 2 aromatic carbocycles. The summed E-state index contributed by atoms with van der Waals surface area (Å²) in [5, 5.41) is 12.5. The second-order valence-electron chi connectivity index (χ2n) is 3.65. The predicted octanol–water partition coefficient (Wildman–Crippen LogP) is 0.116. The molecule has 0 radical (unpaired) electrons. The molecule has 0 saturated carbocycles. The third kappa shape index (κ3) is 1.54. The van der Waals surface area contributed by atoms with Crippen molar-refractivity contribution < 1.29 is 0 Å². The lowest BCUT2D eigenvalue weighted by molar-refractivity contribution is 1.04. The lowest BCUT2D eigenvalue weighted by Crippen LogP contribution is -2.29. The minimum Gasteiger partial charge on any atom is -0.150 e. The van der Waals surface area contributed by atoms with Crippen LogP contribution in [-0.2, 0) is 0 Å². The Bertz CT molecular complexity index is 624. The van der Waals surface area contributed by atoms with E-state index >= 15 is 0 Å². The van der Waals surface area contributed by atoms with Crippen molar-refractivity contribution in [2.75, 3.05) is 0 Å². The van der Waals surface area contributed by atoms with E-state index in [2.05, 4.69) is 22.4 Å². The maximum atomic E-state index is 4.26. The molecule has 0 atom stereocenters. The molecular formula is C14H10N2. The molecule has 2 nitrogen and oxygen atoms in total. The van der Waals surface area contributed by atoms with Gasteiger partial charge in [-0.3, -0.25) is 0 Å². The Hall–Kier alpha value is -2.22. The Labute approximate surface area is 92.6 Å². The van der Waals surface area contributed by atoms with Gasteiger partial charge in [-0.25, -0.2) is 0 Å². The minimum absolute atomic E-state index is 0.910. The molecule has 16 heavy (non-hydrogen) atoms. The van der Waals surface area contributed by atoms with Gasteiger partial charge in [0.25, 0.3) is 0 Å². The fourth-order valence-corrected chi connectivity index (χ4v) is 1.73. The van der Waals surface area contributed by atoms with E-state index in [0.717, 1.165) is 21.2 Å². The molecule has 0 amide bonds. The van der Waals surface area contributed by atoms with Crippen molar-refractivity contribution in [2.45, 2.75) is 0 Å². The summed E-state index contributed by atoms with van der Waals surface area (Å²) >= 11 is 0. The molecule has 76 valence electrons. The molecule has 0 N–H and O–H groups in total. The van der Waals surface area contributed by atoms with Crippen molar-refractivity contribution in [2.24, 2.45) is 10.2 Å².